The van der Waals surface area contributed by atoms with Gasteiger partial charge in [-0.25, -0.2) is 0 Å². The summed E-state index contributed by atoms with van der Waals surface area (Å²) in [6.45, 7) is 1.56. The molecule has 0 saturated heterocycles. The van der Waals surface area contributed by atoms with Gasteiger partial charge in [-0.3, -0.25) is 9.78 Å². The number of hydrogen-bond donors (Lipinski definition) is 1. The predicted octanol–water partition coefficient (Wildman–Crippen LogP) is 1.70. The molecule has 0 radical (unpaired) electrons. The lowest BCUT2D eigenvalue weighted by Crippen LogP contribution is -2.10. The molecule has 0 aliphatic heterocycles. The summed E-state index contributed by atoms with van der Waals surface area (Å²) in [5.41, 5.74) is 0.704. The molecule has 0 aromatic carbocycles. The topological polar surface area (TPSA) is 89.1 Å². The quantitative estimate of drug-likeness (QED) is 0.827. The fraction of sp³-hybridized carbons (Fsp3) is 0.200. The van der Waals surface area contributed by atoms with Gasteiger partial charge in [0, 0.05) is 12.4 Å². The van der Waals surface area contributed by atoms with Gasteiger partial charge >= 0.3 is 5.97 Å². The summed E-state index contributed by atoms with van der Waals surface area (Å²) in [7, 11) is 0. The molecule has 0 amide bonds. The van der Waals surface area contributed by atoms with E-state index < -0.39 is 11.2 Å². The highest BCUT2D eigenvalue weighted by Gasteiger charge is 2.17. The zero-order valence-electron chi connectivity index (χ0n) is 8.90. The van der Waals surface area contributed by atoms with Crippen molar-refractivity contribution in [3.8, 4) is 11.5 Å². The van der Waals surface area contributed by atoms with Crippen LogP contribution in [0.1, 0.15) is 6.92 Å². The van der Waals surface area contributed by atoms with E-state index in [9.17, 15) is 4.79 Å². The van der Waals surface area contributed by atoms with Crippen LogP contribution in [0.15, 0.2) is 34.2 Å². The third-order valence-corrected chi connectivity index (χ3v) is 2.86. The van der Waals surface area contributed by atoms with Gasteiger partial charge in [0.1, 0.15) is 5.25 Å². The number of aromatic nitrogens is 3. The standard InChI is InChI=1S/C10H9N3O3S/c1-6(9(14)15)17-10-13-12-8(16-10)7-3-2-4-11-5-7/h2-6H,1H3,(H,14,15)/t6-/m0/s1. The van der Waals surface area contributed by atoms with Crippen molar-refractivity contribution in [2.24, 2.45) is 0 Å². The maximum atomic E-state index is 10.7. The number of aliphatic carboxylic acids is 1. The van der Waals surface area contributed by atoms with E-state index in [2.05, 4.69) is 15.2 Å². The van der Waals surface area contributed by atoms with Crippen molar-refractivity contribution in [3.63, 3.8) is 0 Å². The Kier molecular flexibility index (Phi) is 3.38. The Hall–Kier alpha value is -1.89. The SMILES string of the molecule is C[C@H](Sc1nnc(-c2cccnc2)o1)C(=O)O. The first-order chi connectivity index (χ1) is 8.16. The van der Waals surface area contributed by atoms with Crippen LogP contribution in [0.25, 0.3) is 11.5 Å². The van der Waals surface area contributed by atoms with Crippen molar-refractivity contribution < 1.29 is 14.3 Å². The maximum absolute atomic E-state index is 10.7. The Morgan fingerprint density at radius 2 is 2.35 bits per heavy atom. The number of thioether (sulfide) groups is 1. The van der Waals surface area contributed by atoms with Crippen LogP contribution in [0.2, 0.25) is 0 Å². The molecule has 0 unspecified atom stereocenters. The predicted molar refractivity (Wildman–Crippen MR) is 60.5 cm³/mol. The minimum atomic E-state index is -0.920. The number of pyridine rings is 1. The molecule has 2 aromatic heterocycles. The van der Waals surface area contributed by atoms with Crippen LogP contribution in [0.4, 0.5) is 0 Å². The van der Waals surface area contributed by atoms with Crippen molar-refractivity contribution in [1.82, 2.24) is 15.2 Å². The van der Waals surface area contributed by atoms with Crippen molar-refractivity contribution in [2.75, 3.05) is 0 Å². The zero-order valence-corrected chi connectivity index (χ0v) is 9.72. The van der Waals surface area contributed by atoms with Crippen LogP contribution < -0.4 is 0 Å². The molecule has 1 atom stereocenters. The summed E-state index contributed by atoms with van der Waals surface area (Å²) in [6, 6.07) is 3.54. The molecule has 6 nitrogen and oxygen atoms in total. The lowest BCUT2D eigenvalue weighted by Gasteiger charge is -1.99. The molecular weight excluding hydrogens is 242 g/mol. The number of nitrogens with zero attached hydrogens (tertiary/aromatic N) is 3. The van der Waals surface area contributed by atoms with Crippen molar-refractivity contribution in [3.05, 3.63) is 24.5 Å². The summed E-state index contributed by atoms with van der Waals surface area (Å²) in [5.74, 6) is -0.589. The highest BCUT2D eigenvalue weighted by Crippen LogP contribution is 2.25. The van der Waals surface area contributed by atoms with Crippen LogP contribution in [-0.2, 0) is 4.79 Å². The molecule has 7 heteroatoms. The number of carbonyl (C=O) groups is 1. The van der Waals surface area contributed by atoms with Crippen molar-refractivity contribution in [2.45, 2.75) is 17.4 Å². The molecule has 2 heterocycles. The van der Waals surface area contributed by atoms with E-state index in [1.807, 2.05) is 0 Å². The average Bonchev–Trinajstić information content (AvgIpc) is 2.78. The summed E-state index contributed by atoms with van der Waals surface area (Å²) in [4.78, 5) is 14.6. The fourth-order valence-electron chi connectivity index (χ4n) is 1.06. The first-order valence-corrected chi connectivity index (χ1v) is 5.68. The molecule has 2 rings (SSSR count). The van der Waals surface area contributed by atoms with Crippen molar-refractivity contribution >= 4 is 17.7 Å². The van der Waals surface area contributed by atoms with E-state index >= 15 is 0 Å². The maximum Gasteiger partial charge on any atom is 0.316 e. The Morgan fingerprint density at radius 3 is 3.00 bits per heavy atom. The largest absolute Gasteiger partial charge is 0.480 e. The molecule has 0 spiro atoms. The molecule has 0 fully saturated rings. The van der Waals surface area contributed by atoms with Gasteiger partial charge in [-0.15, -0.1) is 10.2 Å². The van der Waals surface area contributed by atoms with Crippen LogP contribution in [0, 0.1) is 0 Å². The second kappa shape index (κ2) is 4.96. The molecule has 2 aromatic rings. The first kappa shape index (κ1) is 11.6. The Bertz CT molecular complexity index is 515. The molecule has 17 heavy (non-hydrogen) atoms. The van der Waals surface area contributed by atoms with E-state index in [4.69, 9.17) is 9.52 Å². The average molecular weight is 251 g/mol. The van der Waals surface area contributed by atoms with Gasteiger partial charge in [-0.05, 0) is 19.1 Å². The van der Waals surface area contributed by atoms with Gasteiger partial charge in [0.2, 0.25) is 5.89 Å². The molecule has 0 aliphatic carbocycles. The third-order valence-electron chi connectivity index (χ3n) is 1.94. The zero-order chi connectivity index (χ0) is 12.3. The second-order valence-corrected chi connectivity index (χ2v) is 4.51. The first-order valence-electron chi connectivity index (χ1n) is 4.80. The van der Waals surface area contributed by atoms with Gasteiger partial charge in [0.15, 0.2) is 0 Å². The van der Waals surface area contributed by atoms with Crippen molar-refractivity contribution in [1.29, 1.82) is 0 Å². The van der Waals surface area contributed by atoms with Crippen LogP contribution in [-0.4, -0.2) is 31.5 Å². The minimum absolute atomic E-state index is 0.235. The van der Waals surface area contributed by atoms with Gasteiger partial charge < -0.3 is 9.52 Å². The second-order valence-electron chi connectivity index (χ2n) is 3.21. The molecule has 88 valence electrons. The summed E-state index contributed by atoms with van der Waals surface area (Å²) < 4.78 is 5.33. The molecule has 1 N–H and O–H groups in total. The summed E-state index contributed by atoms with van der Waals surface area (Å²) >= 11 is 1.01. The van der Waals surface area contributed by atoms with Gasteiger partial charge in [-0.2, -0.15) is 0 Å². The number of rotatable bonds is 4. The molecular formula is C10H9N3O3S. The number of carboxylic acids is 1. The molecule has 0 saturated carbocycles. The summed E-state index contributed by atoms with van der Waals surface area (Å²) in [5, 5.41) is 16.0. The van der Waals surface area contributed by atoms with E-state index in [-0.39, 0.29) is 5.22 Å². The summed E-state index contributed by atoms with van der Waals surface area (Å²) in [6.07, 6.45) is 3.24. The van der Waals surface area contributed by atoms with Gasteiger partial charge in [0.25, 0.3) is 5.22 Å². The van der Waals surface area contributed by atoms with E-state index in [0.29, 0.717) is 11.5 Å². The lowest BCUT2D eigenvalue weighted by atomic mass is 10.3. The monoisotopic (exact) mass is 251 g/mol. The van der Waals surface area contributed by atoms with E-state index in [1.54, 1.807) is 31.5 Å². The highest BCUT2D eigenvalue weighted by molar-refractivity contribution is 8.00. The lowest BCUT2D eigenvalue weighted by molar-refractivity contribution is -0.136. The van der Waals surface area contributed by atoms with Crippen LogP contribution in [0.3, 0.4) is 0 Å². The molecule has 0 bridgehead atoms. The van der Waals surface area contributed by atoms with Crippen LogP contribution >= 0.6 is 11.8 Å². The third kappa shape index (κ3) is 2.82. The van der Waals surface area contributed by atoms with Gasteiger partial charge in [0.05, 0.1) is 5.56 Å². The van der Waals surface area contributed by atoms with Crippen LogP contribution in [0.5, 0.6) is 0 Å². The Balaban J connectivity index is 2.14. The van der Waals surface area contributed by atoms with E-state index in [0.717, 1.165) is 11.8 Å². The Labute approximate surface area is 101 Å². The Morgan fingerprint density at radius 1 is 1.53 bits per heavy atom. The number of hydrogen-bond acceptors (Lipinski definition) is 6. The van der Waals surface area contributed by atoms with Gasteiger partial charge in [-0.1, -0.05) is 11.8 Å². The smallest absolute Gasteiger partial charge is 0.316 e. The minimum Gasteiger partial charge on any atom is -0.480 e. The number of carboxylic acid groups (broad SMARTS) is 1. The van der Waals surface area contributed by atoms with E-state index in [1.165, 1.54) is 0 Å². The normalized spacial score (nSPS) is 12.3. The fourth-order valence-corrected chi connectivity index (χ4v) is 1.68. The highest BCUT2D eigenvalue weighted by atomic mass is 32.2. The molecule has 0 aliphatic rings.